The molecule has 0 bridgehead atoms. The predicted octanol–water partition coefficient (Wildman–Crippen LogP) is 4.05. The fourth-order valence-electron chi connectivity index (χ4n) is 2.04. The number of aromatic nitrogens is 1. The highest BCUT2D eigenvalue weighted by molar-refractivity contribution is 5.42. The lowest BCUT2D eigenvalue weighted by Crippen LogP contribution is -2.30. The van der Waals surface area contributed by atoms with Crippen molar-refractivity contribution in [2.24, 2.45) is 0 Å². The summed E-state index contributed by atoms with van der Waals surface area (Å²) in [6.07, 6.45) is 0.144. The van der Waals surface area contributed by atoms with Crippen LogP contribution in [0.2, 0.25) is 0 Å². The molecule has 4 nitrogen and oxygen atoms in total. The van der Waals surface area contributed by atoms with Gasteiger partial charge in [0.25, 0.3) is 6.47 Å². The van der Waals surface area contributed by atoms with Gasteiger partial charge in [-0.3, -0.25) is 4.79 Å². The number of nitrogens with zero attached hydrogens (tertiary/aromatic N) is 2. The number of ether oxygens (including phenoxy) is 1. The third-order valence-corrected chi connectivity index (χ3v) is 3.15. The first-order valence-electron chi connectivity index (χ1n) is 7.53. The van der Waals surface area contributed by atoms with Gasteiger partial charge in [-0.15, -0.1) is 0 Å². The van der Waals surface area contributed by atoms with E-state index in [1.807, 2.05) is 25.7 Å². The summed E-state index contributed by atoms with van der Waals surface area (Å²) >= 11 is 0. The van der Waals surface area contributed by atoms with Crippen LogP contribution in [0.5, 0.6) is 0 Å². The van der Waals surface area contributed by atoms with Crippen molar-refractivity contribution >= 4 is 12.3 Å². The van der Waals surface area contributed by atoms with Crippen molar-refractivity contribution in [3.8, 4) is 0 Å². The van der Waals surface area contributed by atoms with E-state index in [4.69, 9.17) is 0 Å². The molecule has 1 aliphatic heterocycles. The maximum absolute atomic E-state index is 12.5. The normalized spacial score (nSPS) is 15.5. The second-order valence-corrected chi connectivity index (χ2v) is 6.27. The van der Waals surface area contributed by atoms with Crippen LogP contribution in [-0.2, 0) is 15.7 Å². The Hall–Kier alpha value is -1.79. The van der Waals surface area contributed by atoms with Crippen LogP contribution in [0.15, 0.2) is 18.3 Å². The second kappa shape index (κ2) is 8.17. The molecule has 7 heteroatoms. The number of hydrogen-bond donors (Lipinski definition) is 0. The molecule has 0 N–H and O–H groups in total. The monoisotopic (exact) mass is 332 g/mol. The molecule has 2 heterocycles. The molecule has 1 saturated heterocycles. The van der Waals surface area contributed by atoms with Gasteiger partial charge in [0.05, 0.1) is 5.56 Å². The lowest BCUT2D eigenvalue weighted by molar-refractivity contribution is -0.139. The number of carbonyl (C=O) groups is 1. The number of hydrogen-bond acceptors (Lipinski definition) is 4. The predicted molar refractivity (Wildman–Crippen MR) is 82.2 cm³/mol. The SMILES string of the molecule is CC(C)(C)OC=O.FC(F)(F)c1ccnc(N2CCCCC2)c1. The fourth-order valence-corrected chi connectivity index (χ4v) is 2.04. The summed E-state index contributed by atoms with van der Waals surface area (Å²) in [6, 6.07) is 2.14. The third-order valence-electron chi connectivity index (χ3n) is 3.15. The van der Waals surface area contributed by atoms with E-state index in [1.54, 1.807) is 0 Å². The summed E-state index contributed by atoms with van der Waals surface area (Å²) in [5.41, 5.74) is -0.940. The van der Waals surface area contributed by atoms with E-state index in [0.717, 1.165) is 44.5 Å². The minimum absolute atomic E-state index is 0.318. The van der Waals surface area contributed by atoms with Gasteiger partial charge in [-0.25, -0.2) is 4.98 Å². The van der Waals surface area contributed by atoms with Crippen molar-refractivity contribution in [1.82, 2.24) is 4.98 Å². The molecule has 0 saturated carbocycles. The number of pyridine rings is 1. The molecular weight excluding hydrogens is 309 g/mol. The minimum atomic E-state index is -4.28. The summed E-state index contributed by atoms with van der Waals surface area (Å²) in [5, 5.41) is 0. The van der Waals surface area contributed by atoms with Gasteiger partial charge in [-0.1, -0.05) is 0 Å². The molecule has 0 unspecified atom stereocenters. The van der Waals surface area contributed by atoms with E-state index < -0.39 is 11.7 Å². The average molecular weight is 332 g/mol. The molecule has 0 aliphatic carbocycles. The van der Waals surface area contributed by atoms with Crippen LogP contribution in [0.1, 0.15) is 45.6 Å². The van der Waals surface area contributed by atoms with Crippen LogP contribution in [0.3, 0.4) is 0 Å². The Bertz CT molecular complexity index is 493. The van der Waals surface area contributed by atoms with Gasteiger partial charge in [0.15, 0.2) is 0 Å². The molecule has 0 radical (unpaired) electrons. The molecule has 1 aromatic heterocycles. The largest absolute Gasteiger partial charge is 0.462 e. The molecule has 0 amide bonds. The van der Waals surface area contributed by atoms with Crippen LogP contribution >= 0.6 is 0 Å². The standard InChI is InChI=1S/C11H13F3N2.C5H10O2/c12-11(13,14)9-4-5-15-10(8-9)16-6-2-1-3-7-16;1-5(2,3)7-4-6/h4-5,8H,1-3,6-7H2;4H,1-3H3. The quantitative estimate of drug-likeness (QED) is 0.766. The van der Waals surface area contributed by atoms with Crippen LogP contribution in [0.25, 0.3) is 0 Å². The van der Waals surface area contributed by atoms with Gasteiger partial charge in [-0.2, -0.15) is 13.2 Å². The Balaban J connectivity index is 0.000000322. The number of rotatable bonds is 2. The van der Waals surface area contributed by atoms with E-state index in [0.29, 0.717) is 12.3 Å². The van der Waals surface area contributed by atoms with E-state index in [2.05, 4.69) is 9.72 Å². The smallest absolute Gasteiger partial charge is 0.416 e. The van der Waals surface area contributed by atoms with E-state index in [9.17, 15) is 18.0 Å². The summed E-state index contributed by atoms with van der Waals surface area (Å²) in [5.74, 6) is 0.439. The van der Waals surface area contributed by atoms with Crippen molar-refractivity contribution in [2.45, 2.75) is 51.8 Å². The van der Waals surface area contributed by atoms with Crippen LogP contribution in [-0.4, -0.2) is 30.1 Å². The van der Waals surface area contributed by atoms with Gasteiger partial charge >= 0.3 is 6.18 Å². The molecule has 2 rings (SSSR count). The lowest BCUT2D eigenvalue weighted by atomic mass is 10.1. The molecule has 0 spiro atoms. The highest BCUT2D eigenvalue weighted by Gasteiger charge is 2.31. The first-order valence-corrected chi connectivity index (χ1v) is 7.53. The maximum atomic E-state index is 12.5. The van der Waals surface area contributed by atoms with Gasteiger partial charge in [0.2, 0.25) is 0 Å². The molecule has 130 valence electrons. The Kier molecular flexibility index (Phi) is 6.84. The van der Waals surface area contributed by atoms with Crippen LogP contribution < -0.4 is 4.90 Å². The van der Waals surface area contributed by atoms with E-state index in [-0.39, 0.29) is 5.60 Å². The summed E-state index contributed by atoms with van der Waals surface area (Å²) in [4.78, 5) is 15.5. The Morgan fingerprint density at radius 2 is 1.78 bits per heavy atom. The minimum Gasteiger partial charge on any atom is -0.462 e. The second-order valence-electron chi connectivity index (χ2n) is 6.27. The highest BCUT2D eigenvalue weighted by atomic mass is 19.4. The Labute approximate surface area is 134 Å². The van der Waals surface area contributed by atoms with Gasteiger partial charge < -0.3 is 9.64 Å². The van der Waals surface area contributed by atoms with Gasteiger partial charge in [0.1, 0.15) is 11.4 Å². The molecular formula is C16H23F3N2O2. The van der Waals surface area contributed by atoms with Crippen molar-refractivity contribution in [3.05, 3.63) is 23.9 Å². The van der Waals surface area contributed by atoms with Crippen LogP contribution in [0, 0.1) is 0 Å². The van der Waals surface area contributed by atoms with Gasteiger partial charge in [0, 0.05) is 19.3 Å². The molecule has 0 aromatic carbocycles. The topological polar surface area (TPSA) is 42.4 Å². The molecule has 1 aliphatic rings. The molecule has 23 heavy (non-hydrogen) atoms. The van der Waals surface area contributed by atoms with E-state index >= 15 is 0 Å². The Morgan fingerprint density at radius 1 is 1.17 bits per heavy atom. The third kappa shape index (κ3) is 7.34. The van der Waals surface area contributed by atoms with Crippen molar-refractivity contribution in [1.29, 1.82) is 0 Å². The number of halogens is 3. The average Bonchev–Trinajstić information content (AvgIpc) is 2.47. The number of piperidine rings is 1. The fraction of sp³-hybridized carbons (Fsp3) is 0.625. The highest BCUT2D eigenvalue weighted by Crippen LogP contribution is 2.31. The van der Waals surface area contributed by atoms with Crippen molar-refractivity contribution in [3.63, 3.8) is 0 Å². The van der Waals surface area contributed by atoms with Crippen molar-refractivity contribution < 1.29 is 22.7 Å². The maximum Gasteiger partial charge on any atom is 0.416 e. The number of alkyl halides is 3. The summed E-state index contributed by atoms with van der Waals surface area (Å²) < 4.78 is 42.0. The lowest BCUT2D eigenvalue weighted by Gasteiger charge is -2.28. The molecule has 0 atom stereocenters. The zero-order valence-electron chi connectivity index (χ0n) is 13.7. The molecule has 1 aromatic rings. The summed E-state index contributed by atoms with van der Waals surface area (Å²) in [6.45, 7) is 7.52. The first kappa shape index (κ1) is 19.3. The number of anilines is 1. The summed E-state index contributed by atoms with van der Waals surface area (Å²) in [7, 11) is 0. The molecule has 1 fully saturated rings. The van der Waals surface area contributed by atoms with Gasteiger partial charge in [-0.05, 0) is 52.2 Å². The zero-order valence-corrected chi connectivity index (χ0v) is 13.7. The first-order chi connectivity index (χ1) is 10.6. The van der Waals surface area contributed by atoms with E-state index in [1.165, 1.54) is 6.20 Å². The van der Waals surface area contributed by atoms with Crippen molar-refractivity contribution in [2.75, 3.05) is 18.0 Å². The van der Waals surface area contributed by atoms with Crippen LogP contribution in [0.4, 0.5) is 19.0 Å². The zero-order chi connectivity index (χ0) is 17.5. The Morgan fingerprint density at radius 3 is 2.22 bits per heavy atom. The number of carbonyl (C=O) groups excluding carboxylic acids is 1.